The van der Waals surface area contributed by atoms with Crippen LogP contribution in [0.1, 0.15) is 31.4 Å². The van der Waals surface area contributed by atoms with Gasteiger partial charge in [0.2, 0.25) is 0 Å². The lowest BCUT2D eigenvalue weighted by molar-refractivity contribution is -0.147. The smallest absolute Gasteiger partial charge is 0.355 e. The highest BCUT2D eigenvalue weighted by molar-refractivity contribution is 5.95. The third-order valence-corrected chi connectivity index (χ3v) is 4.29. The van der Waals surface area contributed by atoms with Crippen molar-refractivity contribution >= 4 is 11.8 Å². The predicted molar refractivity (Wildman–Crippen MR) is 110 cm³/mol. The van der Waals surface area contributed by atoms with Gasteiger partial charge in [0.15, 0.2) is 0 Å². The number of ether oxygens (including phenoxy) is 1. The molecule has 0 atom stereocenters. The number of aromatic nitrogens is 3. The van der Waals surface area contributed by atoms with E-state index in [0.29, 0.717) is 29.8 Å². The second-order valence-corrected chi connectivity index (χ2v) is 6.86. The highest BCUT2D eigenvalue weighted by atomic mass is 16.5. The van der Waals surface area contributed by atoms with Gasteiger partial charge in [-0.1, -0.05) is 12.1 Å². The third kappa shape index (κ3) is 4.78. The second-order valence-electron chi connectivity index (χ2n) is 6.86. The van der Waals surface area contributed by atoms with Crippen LogP contribution in [-0.4, -0.2) is 32.3 Å². The Bertz CT molecular complexity index is 1060. The molecule has 0 amide bonds. The monoisotopic (exact) mass is 393 g/mol. The van der Waals surface area contributed by atoms with E-state index in [1.165, 1.54) is 15.6 Å². The fourth-order valence-electron chi connectivity index (χ4n) is 2.83. The number of carbonyl (C=O) groups is 1. The molecule has 0 radical (unpaired) electrons. The molecule has 29 heavy (non-hydrogen) atoms. The lowest BCUT2D eigenvalue weighted by Crippen LogP contribution is -2.22. The van der Waals surface area contributed by atoms with Crippen LogP contribution in [0.2, 0.25) is 0 Å². The Balaban J connectivity index is 1.74. The fraction of sp³-hybridized carbons (Fsp3) is 0.238. The number of nitrogen functional groups attached to an aromatic ring is 1. The molecule has 0 unspecified atom stereocenters. The van der Waals surface area contributed by atoms with E-state index in [1.54, 1.807) is 36.4 Å². The van der Waals surface area contributed by atoms with Crippen LogP contribution in [-0.2, 0) is 16.0 Å². The van der Waals surface area contributed by atoms with Crippen molar-refractivity contribution in [3.63, 3.8) is 0 Å². The van der Waals surface area contributed by atoms with E-state index in [-0.39, 0.29) is 23.6 Å². The Kier molecular flexibility index (Phi) is 5.92. The minimum atomic E-state index is -0.311. The molecule has 0 bridgehead atoms. The number of nitrogens with one attached hydrogen (secondary N) is 1. The van der Waals surface area contributed by atoms with Crippen molar-refractivity contribution in [2.45, 2.75) is 32.8 Å². The number of carbonyl (C=O) groups excluding carboxylic acids is 1. The molecule has 150 valence electrons. The minimum Gasteiger partial charge on any atom is -0.463 e. The maximum Gasteiger partial charge on any atom is 0.355 e. The van der Waals surface area contributed by atoms with Crippen LogP contribution in [0.4, 0.5) is 0 Å². The van der Waals surface area contributed by atoms with Crippen LogP contribution in [0.15, 0.2) is 59.7 Å². The number of rotatable bonds is 7. The second kappa shape index (κ2) is 8.55. The van der Waals surface area contributed by atoms with Gasteiger partial charge in [-0.15, -0.1) is 0 Å². The average Bonchev–Trinajstić information content (AvgIpc) is 3.07. The first-order valence-corrected chi connectivity index (χ1v) is 9.25. The molecule has 3 N–H and O–H groups in total. The Morgan fingerprint density at radius 3 is 2.31 bits per heavy atom. The molecular formula is C21H23N5O3. The third-order valence-electron chi connectivity index (χ3n) is 4.29. The van der Waals surface area contributed by atoms with E-state index in [4.69, 9.17) is 15.9 Å². The predicted octanol–water partition coefficient (Wildman–Crippen LogP) is 2.19. The number of hydrogen-bond donors (Lipinski definition) is 2. The first kappa shape index (κ1) is 20.1. The van der Waals surface area contributed by atoms with Crippen LogP contribution >= 0.6 is 0 Å². The maximum atomic E-state index is 12.7. The highest BCUT2D eigenvalue weighted by Crippen LogP contribution is 2.11. The van der Waals surface area contributed by atoms with Crippen molar-refractivity contribution in [2.75, 3.05) is 0 Å². The number of nitrogens with zero attached hydrogens (tertiary/aromatic N) is 3. The zero-order chi connectivity index (χ0) is 21.0. The van der Waals surface area contributed by atoms with Crippen molar-refractivity contribution in [2.24, 2.45) is 5.73 Å². The number of aryl methyl sites for hydroxylation is 1. The first-order chi connectivity index (χ1) is 13.8. The van der Waals surface area contributed by atoms with Crippen LogP contribution in [0.5, 0.6) is 0 Å². The largest absolute Gasteiger partial charge is 0.463 e. The summed E-state index contributed by atoms with van der Waals surface area (Å²) in [6.45, 7) is 3.64. The maximum absolute atomic E-state index is 12.7. The zero-order valence-corrected chi connectivity index (χ0v) is 16.3. The van der Waals surface area contributed by atoms with E-state index in [0.717, 1.165) is 5.56 Å². The standard InChI is InChI=1S/C21H23N5O3/c1-14(2)29-19(27)12-5-15-3-8-18(9-4-15)26-21(28)25(13-24-26)17-10-6-16(7-11-17)20(22)23/h3-4,6-11,13-14H,5,12H2,1-2H3,(H3,22,23). The van der Waals surface area contributed by atoms with E-state index in [9.17, 15) is 9.59 Å². The summed E-state index contributed by atoms with van der Waals surface area (Å²) in [5.41, 5.74) is 7.96. The van der Waals surface area contributed by atoms with Gasteiger partial charge >= 0.3 is 11.7 Å². The quantitative estimate of drug-likeness (QED) is 0.363. The van der Waals surface area contributed by atoms with Gasteiger partial charge in [0.25, 0.3) is 0 Å². The Hall–Kier alpha value is -3.68. The summed E-state index contributed by atoms with van der Waals surface area (Å²) < 4.78 is 7.85. The number of hydrogen-bond acceptors (Lipinski definition) is 5. The number of benzene rings is 2. The van der Waals surface area contributed by atoms with Crippen molar-refractivity contribution in [3.05, 3.63) is 76.5 Å². The summed E-state index contributed by atoms with van der Waals surface area (Å²) in [7, 11) is 0. The van der Waals surface area contributed by atoms with E-state index in [1.807, 2.05) is 26.0 Å². The summed E-state index contributed by atoms with van der Waals surface area (Å²) in [6.07, 6.45) is 2.20. The minimum absolute atomic E-state index is 0.0304. The van der Waals surface area contributed by atoms with Gasteiger partial charge in [-0.2, -0.15) is 9.78 Å². The van der Waals surface area contributed by atoms with Gasteiger partial charge in [-0.25, -0.2) is 9.36 Å². The lowest BCUT2D eigenvalue weighted by atomic mass is 10.1. The molecule has 0 spiro atoms. The van der Waals surface area contributed by atoms with Gasteiger partial charge in [-0.05, 0) is 62.2 Å². The molecular weight excluding hydrogens is 370 g/mol. The molecule has 0 saturated heterocycles. The lowest BCUT2D eigenvalue weighted by Gasteiger charge is -2.08. The highest BCUT2D eigenvalue weighted by Gasteiger charge is 2.10. The van der Waals surface area contributed by atoms with Gasteiger partial charge in [0.1, 0.15) is 12.2 Å². The first-order valence-electron chi connectivity index (χ1n) is 9.25. The van der Waals surface area contributed by atoms with E-state index in [2.05, 4.69) is 5.10 Å². The Morgan fingerprint density at radius 2 is 1.72 bits per heavy atom. The topological polar surface area (TPSA) is 116 Å². The molecule has 0 fully saturated rings. The molecule has 3 rings (SSSR count). The van der Waals surface area contributed by atoms with Crippen molar-refractivity contribution in [1.82, 2.24) is 14.3 Å². The fourth-order valence-corrected chi connectivity index (χ4v) is 2.83. The Labute approximate surface area is 168 Å². The van der Waals surface area contributed by atoms with Crippen LogP contribution in [0.25, 0.3) is 11.4 Å². The van der Waals surface area contributed by atoms with Crippen LogP contribution in [0, 0.1) is 5.41 Å². The van der Waals surface area contributed by atoms with Crippen molar-refractivity contribution < 1.29 is 9.53 Å². The normalized spacial score (nSPS) is 10.9. The summed E-state index contributed by atoms with van der Waals surface area (Å²) in [5, 5.41) is 11.6. The molecule has 1 aromatic heterocycles. The molecule has 2 aromatic carbocycles. The summed E-state index contributed by atoms with van der Waals surface area (Å²) in [4.78, 5) is 24.4. The van der Waals surface area contributed by atoms with E-state index < -0.39 is 0 Å². The average molecular weight is 393 g/mol. The molecule has 0 saturated carbocycles. The molecule has 3 aromatic rings. The van der Waals surface area contributed by atoms with Crippen molar-refractivity contribution in [1.29, 1.82) is 5.41 Å². The molecule has 0 aliphatic carbocycles. The summed E-state index contributed by atoms with van der Waals surface area (Å²) in [6, 6.07) is 14.1. The number of amidine groups is 1. The van der Waals surface area contributed by atoms with Gasteiger partial charge in [0.05, 0.1) is 17.5 Å². The van der Waals surface area contributed by atoms with Gasteiger partial charge in [-0.3, -0.25) is 10.2 Å². The number of esters is 1. The molecule has 0 aliphatic rings. The number of nitrogens with two attached hydrogens (primary N) is 1. The summed E-state index contributed by atoms with van der Waals surface area (Å²) in [5.74, 6) is -0.257. The molecule has 0 aliphatic heterocycles. The van der Waals surface area contributed by atoms with Crippen LogP contribution in [0.3, 0.4) is 0 Å². The van der Waals surface area contributed by atoms with Gasteiger partial charge < -0.3 is 10.5 Å². The van der Waals surface area contributed by atoms with Gasteiger partial charge in [0, 0.05) is 12.0 Å². The zero-order valence-electron chi connectivity index (χ0n) is 16.3. The van der Waals surface area contributed by atoms with E-state index >= 15 is 0 Å². The Morgan fingerprint density at radius 1 is 1.10 bits per heavy atom. The summed E-state index contributed by atoms with van der Waals surface area (Å²) >= 11 is 0. The molecule has 8 heteroatoms. The molecule has 1 heterocycles. The molecule has 8 nitrogen and oxygen atoms in total. The van der Waals surface area contributed by atoms with Crippen LogP contribution < -0.4 is 11.4 Å². The SMILES string of the molecule is CC(C)OC(=O)CCc1ccc(-n2ncn(-c3ccc(C(=N)N)cc3)c2=O)cc1. The van der Waals surface area contributed by atoms with Crippen molar-refractivity contribution in [3.8, 4) is 11.4 Å².